The van der Waals surface area contributed by atoms with Crippen LogP contribution < -0.4 is 14.9 Å². The van der Waals surface area contributed by atoms with Crippen LogP contribution in [0, 0.1) is 10.1 Å². The van der Waals surface area contributed by atoms with Crippen molar-refractivity contribution >= 4 is 17.3 Å². The Hall–Kier alpha value is -3.42. The van der Waals surface area contributed by atoms with Crippen LogP contribution in [0.5, 0.6) is 11.5 Å². The van der Waals surface area contributed by atoms with Gasteiger partial charge in [0.2, 0.25) is 0 Å². The van der Waals surface area contributed by atoms with E-state index in [4.69, 9.17) is 9.47 Å². The Kier molecular flexibility index (Phi) is 6.26. The first-order chi connectivity index (χ1) is 12.5. The minimum Gasteiger partial charge on any atom is -0.493 e. The molecule has 8 nitrogen and oxygen atoms in total. The maximum absolute atomic E-state index is 12.2. The third-order valence-corrected chi connectivity index (χ3v) is 3.66. The predicted molar refractivity (Wildman–Crippen MR) is 96.9 cm³/mol. The quantitative estimate of drug-likeness (QED) is 0.466. The maximum Gasteiger partial charge on any atom is 0.271 e. The van der Waals surface area contributed by atoms with Gasteiger partial charge in [-0.3, -0.25) is 14.9 Å². The molecule has 2 aromatic carbocycles. The molecular formula is C18H19N3O5. The number of hydrogen-bond donors (Lipinski definition) is 1. The van der Waals surface area contributed by atoms with Crippen LogP contribution in [0.25, 0.3) is 0 Å². The number of amides is 1. The summed E-state index contributed by atoms with van der Waals surface area (Å²) < 4.78 is 10.5. The highest BCUT2D eigenvalue weighted by Crippen LogP contribution is 2.28. The highest BCUT2D eigenvalue weighted by atomic mass is 16.6. The molecule has 2 rings (SSSR count). The van der Waals surface area contributed by atoms with Crippen LogP contribution in [-0.4, -0.2) is 30.8 Å². The summed E-state index contributed by atoms with van der Waals surface area (Å²) in [6, 6.07) is 10.8. The minimum atomic E-state index is -0.554. The fourth-order valence-corrected chi connectivity index (χ4v) is 2.31. The summed E-state index contributed by atoms with van der Waals surface area (Å²) in [5.74, 6) is 0.614. The lowest BCUT2D eigenvalue weighted by Crippen LogP contribution is -2.20. The second-order valence-corrected chi connectivity index (χ2v) is 5.23. The van der Waals surface area contributed by atoms with Gasteiger partial charge in [0.25, 0.3) is 11.6 Å². The molecule has 0 aromatic heterocycles. The zero-order chi connectivity index (χ0) is 19.1. The topological polar surface area (TPSA) is 103 Å². The van der Waals surface area contributed by atoms with Crippen LogP contribution in [0.1, 0.15) is 29.3 Å². The third-order valence-electron chi connectivity index (χ3n) is 3.66. The molecule has 26 heavy (non-hydrogen) atoms. The van der Waals surface area contributed by atoms with Crippen molar-refractivity contribution in [2.75, 3.05) is 14.2 Å². The van der Waals surface area contributed by atoms with Gasteiger partial charge < -0.3 is 9.47 Å². The number of nitrogens with zero attached hydrogens (tertiary/aromatic N) is 2. The number of methoxy groups -OCH3 is 2. The van der Waals surface area contributed by atoms with Crippen LogP contribution in [0.2, 0.25) is 0 Å². The van der Waals surface area contributed by atoms with Gasteiger partial charge in [0.05, 0.1) is 24.9 Å². The van der Waals surface area contributed by atoms with E-state index in [0.717, 1.165) is 5.56 Å². The Labute approximate surface area is 150 Å². The number of carbonyl (C=O) groups is 1. The largest absolute Gasteiger partial charge is 0.493 e. The molecule has 0 heterocycles. The molecule has 0 aliphatic carbocycles. The minimum absolute atomic E-state index is 0.155. The SMILES string of the molecule is CC/C(=N/NC(=O)c1cccc([N+](=O)[O-])c1)c1ccc(OC)c(OC)c1. The standard InChI is InChI=1S/C18H19N3O5/c1-4-15(12-8-9-16(25-2)17(11-12)26-3)19-20-18(22)13-6-5-7-14(10-13)21(23)24/h5-11H,4H2,1-3H3,(H,20,22)/b19-15-. The second-order valence-electron chi connectivity index (χ2n) is 5.23. The molecule has 0 aliphatic rings. The maximum atomic E-state index is 12.2. The number of hydrogen-bond acceptors (Lipinski definition) is 6. The van der Waals surface area contributed by atoms with Crippen LogP contribution >= 0.6 is 0 Å². The molecule has 0 radical (unpaired) electrons. The normalized spacial score (nSPS) is 11.0. The number of hydrazone groups is 1. The summed E-state index contributed by atoms with van der Waals surface area (Å²) in [7, 11) is 3.08. The molecule has 1 amide bonds. The van der Waals surface area contributed by atoms with Gasteiger partial charge in [-0.15, -0.1) is 0 Å². The molecule has 0 fully saturated rings. The Balaban J connectivity index is 2.23. The summed E-state index contributed by atoms with van der Waals surface area (Å²) in [5, 5.41) is 15.0. The number of carbonyl (C=O) groups excluding carboxylic acids is 1. The predicted octanol–water partition coefficient (Wildman–Crippen LogP) is 3.16. The van der Waals surface area contributed by atoms with E-state index in [1.165, 1.54) is 31.4 Å². The van der Waals surface area contributed by atoms with Gasteiger partial charge in [0.1, 0.15) is 0 Å². The summed E-state index contributed by atoms with van der Waals surface area (Å²) in [4.78, 5) is 22.5. The first-order valence-electron chi connectivity index (χ1n) is 7.83. The van der Waals surface area contributed by atoms with Crippen molar-refractivity contribution in [2.24, 2.45) is 5.10 Å². The zero-order valence-corrected chi connectivity index (χ0v) is 14.7. The summed E-state index contributed by atoms with van der Waals surface area (Å²) in [6.07, 6.45) is 0.560. The molecule has 0 spiro atoms. The van der Waals surface area contributed by atoms with Gasteiger partial charge in [0.15, 0.2) is 11.5 Å². The van der Waals surface area contributed by atoms with E-state index in [9.17, 15) is 14.9 Å². The molecule has 0 aliphatic heterocycles. The molecular weight excluding hydrogens is 338 g/mol. The molecule has 8 heteroatoms. The second kappa shape index (κ2) is 8.61. The first-order valence-corrected chi connectivity index (χ1v) is 7.83. The molecule has 1 N–H and O–H groups in total. The number of ether oxygens (including phenoxy) is 2. The molecule has 0 saturated carbocycles. The van der Waals surface area contributed by atoms with E-state index in [2.05, 4.69) is 10.5 Å². The van der Waals surface area contributed by atoms with Crippen molar-refractivity contribution in [3.63, 3.8) is 0 Å². The smallest absolute Gasteiger partial charge is 0.271 e. The monoisotopic (exact) mass is 357 g/mol. The highest BCUT2D eigenvalue weighted by molar-refractivity contribution is 6.02. The van der Waals surface area contributed by atoms with Crippen molar-refractivity contribution in [2.45, 2.75) is 13.3 Å². The summed E-state index contributed by atoms with van der Waals surface area (Å²) in [5.41, 5.74) is 3.84. The fraction of sp³-hybridized carbons (Fsp3) is 0.222. The van der Waals surface area contributed by atoms with E-state index in [0.29, 0.717) is 23.6 Å². The zero-order valence-electron chi connectivity index (χ0n) is 14.7. The van der Waals surface area contributed by atoms with Crippen LogP contribution in [0.3, 0.4) is 0 Å². The van der Waals surface area contributed by atoms with Gasteiger partial charge in [-0.1, -0.05) is 13.0 Å². The van der Waals surface area contributed by atoms with E-state index in [1.54, 1.807) is 19.2 Å². The van der Waals surface area contributed by atoms with E-state index in [-0.39, 0.29) is 11.3 Å². The van der Waals surface area contributed by atoms with Gasteiger partial charge in [0, 0.05) is 23.3 Å². The van der Waals surface area contributed by atoms with Crippen molar-refractivity contribution < 1.29 is 19.2 Å². The molecule has 0 atom stereocenters. The molecule has 0 bridgehead atoms. The number of nitrogens with one attached hydrogen (secondary N) is 1. The Morgan fingerprint density at radius 2 is 1.85 bits per heavy atom. The summed E-state index contributed by atoms with van der Waals surface area (Å²) in [6.45, 7) is 1.90. The Morgan fingerprint density at radius 3 is 2.46 bits per heavy atom. The number of non-ortho nitro benzene ring substituents is 1. The lowest BCUT2D eigenvalue weighted by atomic mass is 10.1. The van der Waals surface area contributed by atoms with Gasteiger partial charge in [-0.2, -0.15) is 5.10 Å². The molecule has 136 valence electrons. The van der Waals surface area contributed by atoms with E-state index in [1.807, 2.05) is 13.0 Å². The number of rotatable bonds is 7. The van der Waals surface area contributed by atoms with Crippen LogP contribution in [-0.2, 0) is 0 Å². The molecule has 2 aromatic rings. The summed E-state index contributed by atoms with van der Waals surface area (Å²) >= 11 is 0. The Morgan fingerprint density at radius 1 is 1.12 bits per heavy atom. The molecule has 0 unspecified atom stereocenters. The highest BCUT2D eigenvalue weighted by Gasteiger charge is 2.12. The van der Waals surface area contributed by atoms with E-state index < -0.39 is 10.8 Å². The first kappa shape index (κ1) is 18.9. The average molecular weight is 357 g/mol. The van der Waals surface area contributed by atoms with Gasteiger partial charge >= 0.3 is 0 Å². The van der Waals surface area contributed by atoms with Crippen molar-refractivity contribution in [1.82, 2.24) is 5.43 Å². The fourth-order valence-electron chi connectivity index (χ4n) is 2.31. The number of nitro benzene ring substituents is 1. The third kappa shape index (κ3) is 4.35. The average Bonchev–Trinajstić information content (AvgIpc) is 2.68. The van der Waals surface area contributed by atoms with Crippen LogP contribution in [0.4, 0.5) is 5.69 Å². The van der Waals surface area contributed by atoms with Gasteiger partial charge in [-0.25, -0.2) is 5.43 Å². The Bertz CT molecular complexity index is 848. The van der Waals surface area contributed by atoms with Crippen molar-refractivity contribution in [1.29, 1.82) is 0 Å². The van der Waals surface area contributed by atoms with E-state index >= 15 is 0 Å². The number of benzene rings is 2. The van der Waals surface area contributed by atoms with Gasteiger partial charge in [-0.05, 0) is 30.7 Å². The van der Waals surface area contributed by atoms with Crippen LogP contribution in [0.15, 0.2) is 47.6 Å². The lowest BCUT2D eigenvalue weighted by Gasteiger charge is -2.10. The number of nitro groups is 1. The molecule has 0 saturated heterocycles. The van der Waals surface area contributed by atoms with Crippen molar-refractivity contribution in [3.8, 4) is 11.5 Å². The lowest BCUT2D eigenvalue weighted by molar-refractivity contribution is -0.384. The van der Waals surface area contributed by atoms with Crippen molar-refractivity contribution in [3.05, 3.63) is 63.7 Å².